The van der Waals surface area contributed by atoms with E-state index in [1.165, 1.54) is 0 Å². The smallest absolute Gasteiger partial charge is 0.237 e. The quantitative estimate of drug-likeness (QED) is 0.714. The fraction of sp³-hybridized carbons (Fsp3) is 0.632. The Kier molecular flexibility index (Phi) is 7.68. The minimum absolute atomic E-state index is 0.0401. The summed E-state index contributed by atoms with van der Waals surface area (Å²) in [5, 5.41) is 2.96. The molecule has 140 valence electrons. The number of aryl methyl sites for hydroxylation is 1. The highest BCUT2D eigenvalue weighted by atomic mass is 16.5. The van der Waals surface area contributed by atoms with Gasteiger partial charge in [-0.05, 0) is 45.6 Å². The predicted octanol–water partition coefficient (Wildman–Crippen LogP) is 1.14. The van der Waals surface area contributed by atoms with Crippen LogP contribution in [0.15, 0.2) is 24.3 Å². The van der Waals surface area contributed by atoms with E-state index < -0.39 is 0 Å². The molecule has 1 heterocycles. The molecule has 6 nitrogen and oxygen atoms in total. The van der Waals surface area contributed by atoms with Crippen molar-refractivity contribution in [1.29, 1.82) is 0 Å². The fourth-order valence-corrected chi connectivity index (χ4v) is 2.97. The van der Waals surface area contributed by atoms with Crippen LogP contribution in [0.5, 0.6) is 5.75 Å². The number of amides is 1. The van der Waals surface area contributed by atoms with Crippen LogP contribution in [0, 0.1) is 6.92 Å². The van der Waals surface area contributed by atoms with Crippen LogP contribution in [0.2, 0.25) is 0 Å². The summed E-state index contributed by atoms with van der Waals surface area (Å²) in [5.74, 6) is 0.875. The topological polar surface area (TPSA) is 54.0 Å². The zero-order valence-electron chi connectivity index (χ0n) is 15.8. The van der Waals surface area contributed by atoms with Crippen molar-refractivity contribution in [3.05, 3.63) is 29.8 Å². The molecule has 1 aliphatic rings. The molecule has 0 bridgehead atoms. The van der Waals surface area contributed by atoms with Gasteiger partial charge in [0, 0.05) is 19.6 Å². The van der Waals surface area contributed by atoms with Crippen molar-refractivity contribution < 1.29 is 14.3 Å². The highest BCUT2D eigenvalue weighted by molar-refractivity contribution is 5.81. The summed E-state index contributed by atoms with van der Waals surface area (Å²) in [6.07, 6.45) is 0.156. The first-order valence-electron chi connectivity index (χ1n) is 8.93. The van der Waals surface area contributed by atoms with Gasteiger partial charge in [0.2, 0.25) is 5.91 Å². The van der Waals surface area contributed by atoms with Gasteiger partial charge in [-0.2, -0.15) is 0 Å². The van der Waals surface area contributed by atoms with E-state index in [0.29, 0.717) is 19.8 Å². The first kappa shape index (κ1) is 19.7. The molecule has 2 rings (SSSR count). The second-order valence-electron chi connectivity index (χ2n) is 6.88. The van der Waals surface area contributed by atoms with Gasteiger partial charge in [0.05, 0.1) is 25.3 Å². The van der Waals surface area contributed by atoms with E-state index >= 15 is 0 Å². The fourth-order valence-electron chi connectivity index (χ4n) is 2.97. The molecule has 0 spiro atoms. The van der Waals surface area contributed by atoms with E-state index in [1.54, 1.807) is 0 Å². The number of ether oxygens (including phenoxy) is 2. The van der Waals surface area contributed by atoms with Crippen LogP contribution >= 0.6 is 0 Å². The molecule has 0 saturated carbocycles. The summed E-state index contributed by atoms with van der Waals surface area (Å²) < 4.78 is 11.4. The normalized spacial score (nSPS) is 19.6. The maximum absolute atomic E-state index is 12.4. The second kappa shape index (κ2) is 9.75. The molecule has 2 unspecified atom stereocenters. The maximum atomic E-state index is 12.4. The molecular formula is C19H31N3O3. The van der Waals surface area contributed by atoms with Gasteiger partial charge in [-0.1, -0.05) is 12.1 Å². The zero-order chi connectivity index (χ0) is 18.2. The number of benzene rings is 1. The summed E-state index contributed by atoms with van der Waals surface area (Å²) in [4.78, 5) is 16.7. The number of hydrogen-bond acceptors (Lipinski definition) is 5. The van der Waals surface area contributed by atoms with Crippen molar-refractivity contribution in [2.24, 2.45) is 0 Å². The number of morpholine rings is 1. The van der Waals surface area contributed by atoms with E-state index in [9.17, 15) is 4.79 Å². The van der Waals surface area contributed by atoms with E-state index in [1.807, 2.05) is 52.2 Å². The number of likely N-dealkylation sites (N-methyl/N-ethyl adjacent to an activating group) is 1. The number of carbonyl (C=O) groups is 1. The Morgan fingerprint density at radius 3 is 3.00 bits per heavy atom. The van der Waals surface area contributed by atoms with Gasteiger partial charge in [0.25, 0.3) is 0 Å². The van der Waals surface area contributed by atoms with Crippen LogP contribution in [0.3, 0.4) is 0 Å². The number of rotatable bonds is 8. The first-order chi connectivity index (χ1) is 12.0. The third kappa shape index (κ3) is 6.65. The Labute approximate surface area is 151 Å². The number of carbonyl (C=O) groups excluding carboxylic acids is 1. The standard InChI is InChI=1S/C19H31N3O3/c1-15-6-5-7-17(12-15)24-10-8-20-19(23)16(2)22-9-11-25-18(14-22)13-21(3)4/h5-7,12,16,18H,8-11,13-14H2,1-4H3,(H,20,23). The lowest BCUT2D eigenvalue weighted by atomic mass is 10.2. The molecule has 0 radical (unpaired) electrons. The van der Waals surface area contributed by atoms with Gasteiger partial charge in [-0.25, -0.2) is 0 Å². The molecule has 6 heteroatoms. The SMILES string of the molecule is Cc1cccc(OCCNC(=O)C(C)N2CCOC(CN(C)C)C2)c1. The van der Waals surface area contributed by atoms with Gasteiger partial charge in [-0.3, -0.25) is 9.69 Å². The monoisotopic (exact) mass is 349 g/mol. The highest BCUT2D eigenvalue weighted by Crippen LogP contribution is 2.12. The Morgan fingerprint density at radius 1 is 1.48 bits per heavy atom. The summed E-state index contributed by atoms with van der Waals surface area (Å²) >= 11 is 0. The molecule has 0 aliphatic carbocycles. The lowest BCUT2D eigenvalue weighted by Crippen LogP contribution is -2.54. The predicted molar refractivity (Wildman–Crippen MR) is 99.0 cm³/mol. The summed E-state index contributed by atoms with van der Waals surface area (Å²) in [5.41, 5.74) is 1.16. The molecule has 1 saturated heterocycles. The van der Waals surface area contributed by atoms with E-state index in [0.717, 1.165) is 30.9 Å². The van der Waals surface area contributed by atoms with Crippen molar-refractivity contribution in [1.82, 2.24) is 15.1 Å². The second-order valence-corrected chi connectivity index (χ2v) is 6.88. The van der Waals surface area contributed by atoms with Crippen LogP contribution in [-0.4, -0.2) is 81.3 Å². The Morgan fingerprint density at radius 2 is 2.28 bits per heavy atom. The van der Waals surface area contributed by atoms with Crippen molar-refractivity contribution >= 4 is 5.91 Å². The van der Waals surface area contributed by atoms with Crippen LogP contribution in [-0.2, 0) is 9.53 Å². The molecule has 1 amide bonds. The third-order valence-corrected chi connectivity index (χ3v) is 4.33. The van der Waals surface area contributed by atoms with Crippen molar-refractivity contribution in [3.8, 4) is 5.75 Å². The maximum Gasteiger partial charge on any atom is 0.237 e. The van der Waals surface area contributed by atoms with E-state index in [4.69, 9.17) is 9.47 Å². The third-order valence-electron chi connectivity index (χ3n) is 4.33. The van der Waals surface area contributed by atoms with E-state index in [-0.39, 0.29) is 18.1 Å². The Hall–Kier alpha value is -1.63. The summed E-state index contributed by atoms with van der Waals surface area (Å²) in [6, 6.07) is 7.75. The van der Waals surface area contributed by atoms with Gasteiger partial charge in [0.1, 0.15) is 12.4 Å². The first-order valence-corrected chi connectivity index (χ1v) is 8.93. The van der Waals surface area contributed by atoms with Crippen LogP contribution in [0.1, 0.15) is 12.5 Å². The minimum Gasteiger partial charge on any atom is -0.492 e. The van der Waals surface area contributed by atoms with Crippen molar-refractivity contribution in [2.75, 3.05) is 53.5 Å². The molecular weight excluding hydrogens is 318 g/mol. The van der Waals surface area contributed by atoms with Crippen LogP contribution in [0.25, 0.3) is 0 Å². The number of nitrogens with zero attached hydrogens (tertiary/aromatic N) is 2. The van der Waals surface area contributed by atoms with Gasteiger partial charge < -0.3 is 19.7 Å². The van der Waals surface area contributed by atoms with Crippen molar-refractivity contribution in [2.45, 2.75) is 26.0 Å². The molecule has 1 aromatic carbocycles. The molecule has 1 fully saturated rings. The average molecular weight is 349 g/mol. The molecule has 1 aromatic rings. The summed E-state index contributed by atoms with van der Waals surface area (Å²) in [7, 11) is 4.07. The molecule has 2 atom stereocenters. The molecule has 1 aliphatic heterocycles. The summed E-state index contributed by atoms with van der Waals surface area (Å²) in [6.45, 7) is 8.07. The lowest BCUT2D eigenvalue weighted by molar-refractivity contribution is -0.129. The highest BCUT2D eigenvalue weighted by Gasteiger charge is 2.27. The minimum atomic E-state index is -0.160. The Bertz CT molecular complexity index is 550. The molecule has 0 aromatic heterocycles. The molecule has 25 heavy (non-hydrogen) atoms. The van der Waals surface area contributed by atoms with Crippen LogP contribution < -0.4 is 10.1 Å². The average Bonchev–Trinajstić information content (AvgIpc) is 2.57. The number of hydrogen-bond donors (Lipinski definition) is 1. The lowest BCUT2D eigenvalue weighted by Gasteiger charge is -2.37. The largest absolute Gasteiger partial charge is 0.492 e. The van der Waals surface area contributed by atoms with E-state index in [2.05, 4.69) is 15.1 Å². The zero-order valence-corrected chi connectivity index (χ0v) is 15.8. The van der Waals surface area contributed by atoms with Crippen LogP contribution in [0.4, 0.5) is 0 Å². The van der Waals surface area contributed by atoms with Crippen molar-refractivity contribution in [3.63, 3.8) is 0 Å². The van der Waals surface area contributed by atoms with Gasteiger partial charge in [0.15, 0.2) is 0 Å². The van der Waals surface area contributed by atoms with Gasteiger partial charge in [-0.15, -0.1) is 0 Å². The Balaban J connectivity index is 1.70. The number of nitrogens with one attached hydrogen (secondary N) is 1. The van der Waals surface area contributed by atoms with Gasteiger partial charge >= 0.3 is 0 Å². The molecule has 1 N–H and O–H groups in total.